The molecule has 1 rings (SSSR count). The minimum Gasteiger partial charge on any atom is -0.383 e. The minimum atomic E-state index is 0.194. The van der Waals surface area contributed by atoms with Gasteiger partial charge < -0.3 is 4.74 Å². The Balaban J connectivity index is 2.45. The second-order valence-electron chi connectivity index (χ2n) is 3.40. The summed E-state index contributed by atoms with van der Waals surface area (Å²) in [7, 11) is 1.68. The molecule has 1 atom stereocenters. The first kappa shape index (κ1) is 12.5. The number of aryl methyl sites for hydroxylation is 1. The number of nitrogens with two attached hydrogens (primary N) is 1. The molecule has 0 amide bonds. The maximum Gasteiger partial charge on any atom is 0.0637 e. The number of rotatable bonds is 6. The molecule has 3 nitrogen and oxygen atoms in total. The molecule has 0 aliphatic heterocycles. The lowest BCUT2D eigenvalue weighted by atomic mass is 10.2. The van der Waals surface area contributed by atoms with Crippen molar-refractivity contribution >= 4 is 11.8 Å². The van der Waals surface area contributed by atoms with E-state index in [0.29, 0.717) is 6.61 Å². The molecule has 0 fully saturated rings. The molecule has 0 heterocycles. The van der Waals surface area contributed by atoms with Crippen LogP contribution in [0.3, 0.4) is 0 Å². The van der Waals surface area contributed by atoms with Crippen molar-refractivity contribution in [3.8, 4) is 0 Å². The molecular weight excluding hydrogens is 208 g/mol. The second kappa shape index (κ2) is 6.85. The predicted molar refractivity (Wildman–Crippen MR) is 64.9 cm³/mol. The second-order valence-corrected chi connectivity index (χ2v) is 4.46. The summed E-state index contributed by atoms with van der Waals surface area (Å²) in [4.78, 5) is 1.30. The molecule has 0 radical (unpaired) electrons. The van der Waals surface area contributed by atoms with E-state index in [9.17, 15) is 0 Å². The van der Waals surface area contributed by atoms with Crippen LogP contribution in [0, 0.1) is 6.92 Å². The minimum absolute atomic E-state index is 0.194. The van der Waals surface area contributed by atoms with Crippen LogP contribution in [-0.4, -0.2) is 25.5 Å². The Morgan fingerprint density at radius 1 is 1.47 bits per heavy atom. The summed E-state index contributed by atoms with van der Waals surface area (Å²) < 4.78 is 5.06. The molecule has 0 aliphatic carbocycles. The van der Waals surface area contributed by atoms with Crippen molar-refractivity contribution in [3.05, 3.63) is 29.8 Å². The lowest BCUT2D eigenvalue weighted by Crippen LogP contribution is -2.40. The van der Waals surface area contributed by atoms with Gasteiger partial charge in [-0.1, -0.05) is 18.2 Å². The Kier molecular flexibility index (Phi) is 5.71. The molecule has 0 aromatic heterocycles. The summed E-state index contributed by atoms with van der Waals surface area (Å²) in [6.07, 6.45) is 0. The van der Waals surface area contributed by atoms with Gasteiger partial charge in [0.15, 0.2) is 0 Å². The number of thioether (sulfide) groups is 1. The number of nitrogens with one attached hydrogen (secondary N) is 1. The van der Waals surface area contributed by atoms with Gasteiger partial charge >= 0.3 is 0 Å². The standard InChI is InChI=1S/C11H18N2OS/c1-9-5-3-4-6-11(9)15-8-10(13-12)7-14-2/h3-6,10,13H,7-8,12H2,1-2H3. The highest BCUT2D eigenvalue weighted by atomic mass is 32.2. The fraction of sp³-hybridized carbons (Fsp3) is 0.455. The van der Waals surface area contributed by atoms with Gasteiger partial charge in [0, 0.05) is 17.8 Å². The number of ether oxygens (including phenoxy) is 1. The molecule has 84 valence electrons. The fourth-order valence-electron chi connectivity index (χ4n) is 1.25. The van der Waals surface area contributed by atoms with Crippen molar-refractivity contribution in [1.29, 1.82) is 0 Å². The third kappa shape index (κ3) is 4.22. The topological polar surface area (TPSA) is 47.3 Å². The molecule has 0 saturated heterocycles. The average molecular weight is 226 g/mol. The summed E-state index contributed by atoms with van der Waals surface area (Å²) in [5.41, 5.74) is 4.05. The summed E-state index contributed by atoms with van der Waals surface area (Å²) in [6.45, 7) is 2.75. The van der Waals surface area contributed by atoms with E-state index in [1.165, 1.54) is 10.5 Å². The number of benzene rings is 1. The highest BCUT2D eigenvalue weighted by molar-refractivity contribution is 7.99. The lowest BCUT2D eigenvalue weighted by Gasteiger charge is -2.14. The zero-order chi connectivity index (χ0) is 11.1. The number of hydrogen-bond donors (Lipinski definition) is 2. The third-order valence-electron chi connectivity index (χ3n) is 2.14. The van der Waals surface area contributed by atoms with Gasteiger partial charge in [0.1, 0.15) is 0 Å². The highest BCUT2D eigenvalue weighted by Crippen LogP contribution is 2.22. The van der Waals surface area contributed by atoms with E-state index in [-0.39, 0.29) is 6.04 Å². The van der Waals surface area contributed by atoms with Crippen LogP contribution in [0.1, 0.15) is 5.56 Å². The van der Waals surface area contributed by atoms with E-state index in [4.69, 9.17) is 10.6 Å². The van der Waals surface area contributed by atoms with E-state index >= 15 is 0 Å². The van der Waals surface area contributed by atoms with E-state index < -0.39 is 0 Å². The van der Waals surface area contributed by atoms with Gasteiger partial charge in [0.05, 0.1) is 12.6 Å². The molecule has 1 aromatic carbocycles. The van der Waals surface area contributed by atoms with E-state index in [0.717, 1.165) is 5.75 Å². The van der Waals surface area contributed by atoms with Crippen LogP contribution in [0.4, 0.5) is 0 Å². The first-order valence-corrected chi connectivity index (χ1v) is 5.90. The SMILES string of the molecule is COCC(CSc1ccccc1C)NN. The van der Waals surface area contributed by atoms with Gasteiger partial charge in [-0.15, -0.1) is 11.8 Å². The Labute approximate surface area is 95.4 Å². The van der Waals surface area contributed by atoms with Gasteiger partial charge in [-0.25, -0.2) is 0 Å². The molecule has 4 heteroatoms. The Morgan fingerprint density at radius 2 is 2.20 bits per heavy atom. The molecular formula is C11H18N2OS. The number of hydrazine groups is 1. The van der Waals surface area contributed by atoms with Gasteiger partial charge in [0.25, 0.3) is 0 Å². The van der Waals surface area contributed by atoms with Crippen LogP contribution in [0.15, 0.2) is 29.2 Å². The van der Waals surface area contributed by atoms with Crippen molar-refractivity contribution in [2.75, 3.05) is 19.5 Å². The van der Waals surface area contributed by atoms with Crippen LogP contribution >= 0.6 is 11.8 Å². The normalized spacial score (nSPS) is 12.7. The summed E-state index contributed by atoms with van der Waals surface area (Å²) in [5.74, 6) is 6.33. The summed E-state index contributed by atoms with van der Waals surface area (Å²) in [6, 6.07) is 8.54. The first-order chi connectivity index (χ1) is 7.27. The first-order valence-electron chi connectivity index (χ1n) is 4.91. The van der Waals surface area contributed by atoms with E-state index in [1.54, 1.807) is 18.9 Å². The monoisotopic (exact) mass is 226 g/mol. The predicted octanol–water partition coefficient (Wildman–Crippen LogP) is 1.57. The average Bonchev–Trinajstić information content (AvgIpc) is 2.26. The third-order valence-corrected chi connectivity index (χ3v) is 3.48. The quantitative estimate of drug-likeness (QED) is 0.439. The van der Waals surface area contributed by atoms with E-state index in [2.05, 4.69) is 30.5 Å². The number of hydrogen-bond acceptors (Lipinski definition) is 4. The summed E-state index contributed by atoms with van der Waals surface area (Å²) in [5, 5.41) is 0. The zero-order valence-corrected chi connectivity index (χ0v) is 10.0. The van der Waals surface area contributed by atoms with Gasteiger partial charge in [-0.2, -0.15) is 0 Å². The molecule has 0 saturated carbocycles. The van der Waals surface area contributed by atoms with Gasteiger partial charge in [-0.05, 0) is 18.6 Å². The molecule has 0 spiro atoms. The lowest BCUT2D eigenvalue weighted by molar-refractivity contribution is 0.174. The Hall–Kier alpha value is -0.550. The van der Waals surface area contributed by atoms with Crippen molar-refractivity contribution in [1.82, 2.24) is 5.43 Å². The van der Waals surface area contributed by atoms with Crippen LogP contribution in [0.2, 0.25) is 0 Å². The van der Waals surface area contributed by atoms with Gasteiger partial charge in [-0.3, -0.25) is 11.3 Å². The van der Waals surface area contributed by atoms with Crippen molar-refractivity contribution in [2.45, 2.75) is 17.9 Å². The van der Waals surface area contributed by atoms with E-state index in [1.807, 2.05) is 6.07 Å². The highest BCUT2D eigenvalue weighted by Gasteiger charge is 2.07. The van der Waals surface area contributed by atoms with Crippen molar-refractivity contribution in [3.63, 3.8) is 0 Å². The van der Waals surface area contributed by atoms with Crippen molar-refractivity contribution < 1.29 is 4.74 Å². The maximum absolute atomic E-state index is 5.42. The molecule has 0 aliphatic rings. The molecule has 1 aromatic rings. The molecule has 3 N–H and O–H groups in total. The van der Waals surface area contributed by atoms with Crippen LogP contribution in [0.25, 0.3) is 0 Å². The smallest absolute Gasteiger partial charge is 0.0637 e. The van der Waals surface area contributed by atoms with Crippen LogP contribution in [-0.2, 0) is 4.74 Å². The molecule has 0 bridgehead atoms. The summed E-state index contributed by atoms with van der Waals surface area (Å²) >= 11 is 1.80. The maximum atomic E-state index is 5.42. The Morgan fingerprint density at radius 3 is 2.80 bits per heavy atom. The molecule has 15 heavy (non-hydrogen) atoms. The van der Waals surface area contributed by atoms with Crippen LogP contribution < -0.4 is 11.3 Å². The largest absolute Gasteiger partial charge is 0.383 e. The van der Waals surface area contributed by atoms with Crippen LogP contribution in [0.5, 0.6) is 0 Å². The van der Waals surface area contributed by atoms with Crippen molar-refractivity contribution in [2.24, 2.45) is 5.84 Å². The van der Waals surface area contributed by atoms with Gasteiger partial charge in [0.2, 0.25) is 0 Å². The Bertz CT molecular complexity index is 294. The zero-order valence-electron chi connectivity index (χ0n) is 9.19. The molecule has 1 unspecified atom stereocenters. The fourth-order valence-corrected chi connectivity index (χ4v) is 2.30. The number of methoxy groups -OCH3 is 1.